The van der Waals surface area contributed by atoms with Crippen molar-refractivity contribution in [1.82, 2.24) is 25.4 Å². The van der Waals surface area contributed by atoms with Gasteiger partial charge in [-0.25, -0.2) is 9.67 Å². The first-order chi connectivity index (χ1) is 16.5. The first-order valence-corrected chi connectivity index (χ1v) is 11.5. The minimum Gasteiger partial charge on any atom is -0.353 e. The average Bonchev–Trinajstić information content (AvgIpc) is 3.50. The summed E-state index contributed by atoms with van der Waals surface area (Å²) < 4.78 is 1.47. The number of hydrogen-bond donors (Lipinski definition) is 2. The highest BCUT2D eigenvalue weighted by Gasteiger charge is 2.51. The molecule has 2 amide bonds. The van der Waals surface area contributed by atoms with Crippen LogP contribution >= 0.6 is 0 Å². The predicted octanol–water partition coefficient (Wildman–Crippen LogP) is 3.45. The second kappa shape index (κ2) is 9.09. The first kappa shape index (κ1) is 21.8. The molecule has 1 atom stereocenters. The summed E-state index contributed by atoms with van der Waals surface area (Å²) in [7, 11) is 0. The minimum absolute atomic E-state index is 0.0121. The van der Waals surface area contributed by atoms with Crippen LogP contribution in [0.15, 0.2) is 79.4 Å². The Morgan fingerprint density at radius 3 is 2.53 bits per heavy atom. The molecule has 7 nitrogen and oxygen atoms in total. The molecule has 4 aromatic rings. The fourth-order valence-electron chi connectivity index (χ4n) is 4.60. The smallest absolute Gasteiger partial charge is 0.242 e. The van der Waals surface area contributed by atoms with Gasteiger partial charge in [0.15, 0.2) is 0 Å². The molecule has 7 heteroatoms. The zero-order chi connectivity index (χ0) is 23.5. The summed E-state index contributed by atoms with van der Waals surface area (Å²) in [6.07, 6.45) is 4.58. The van der Waals surface area contributed by atoms with Crippen LogP contribution in [0.3, 0.4) is 0 Å². The van der Waals surface area contributed by atoms with Gasteiger partial charge in [-0.1, -0.05) is 60.7 Å². The number of fused-ring (bicyclic) bond motifs is 1. The number of benzene rings is 3. The van der Waals surface area contributed by atoms with Gasteiger partial charge in [0.05, 0.1) is 11.5 Å². The van der Waals surface area contributed by atoms with E-state index in [1.54, 1.807) is 0 Å². The van der Waals surface area contributed by atoms with E-state index in [-0.39, 0.29) is 24.4 Å². The van der Waals surface area contributed by atoms with Crippen molar-refractivity contribution in [3.63, 3.8) is 0 Å². The molecule has 1 aromatic heterocycles. The SMILES string of the molecule is Cc1ccccc1C1(C(=O)NCC(NC(=O)Cn2cncn2)c2ccc3ccccc3c2)CC1. The van der Waals surface area contributed by atoms with Gasteiger partial charge in [-0.3, -0.25) is 9.59 Å². The Bertz CT molecular complexity index is 1330. The summed E-state index contributed by atoms with van der Waals surface area (Å²) >= 11 is 0. The Hall–Kier alpha value is -4.00. The van der Waals surface area contributed by atoms with Gasteiger partial charge in [0, 0.05) is 6.54 Å². The van der Waals surface area contributed by atoms with E-state index in [2.05, 4.69) is 32.8 Å². The van der Waals surface area contributed by atoms with E-state index in [1.165, 1.54) is 17.3 Å². The summed E-state index contributed by atoms with van der Waals surface area (Å²) in [6.45, 7) is 2.41. The molecule has 1 saturated carbocycles. The lowest BCUT2D eigenvalue weighted by atomic mass is 9.91. The van der Waals surface area contributed by atoms with Gasteiger partial charge in [-0.2, -0.15) is 5.10 Å². The first-order valence-electron chi connectivity index (χ1n) is 11.5. The van der Waals surface area contributed by atoms with E-state index in [0.717, 1.165) is 40.3 Å². The number of rotatable bonds is 8. The van der Waals surface area contributed by atoms with Crippen molar-refractivity contribution >= 4 is 22.6 Å². The largest absolute Gasteiger partial charge is 0.353 e. The second-order valence-corrected chi connectivity index (χ2v) is 8.93. The van der Waals surface area contributed by atoms with Crippen LogP contribution in [0.1, 0.15) is 35.6 Å². The summed E-state index contributed by atoms with van der Waals surface area (Å²) in [5.41, 5.74) is 2.68. The molecule has 34 heavy (non-hydrogen) atoms. The van der Waals surface area contributed by atoms with Crippen molar-refractivity contribution in [2.75, 3.05) is 6.54 Å². The average molecular weight is 454 g/mol. The monoisotopic (exact) mass is 453 g/mol. The Morgan fingerprint density at radius 2 is 1.79 bits per heavy atom. The number of nitrogens with zero attached hydrogens (tertiary/aromatic N) is 3. The van der Waals surface area contributed by atoms with Crippen molar-refractivity contribution in [3.05, 3.63) is 96.1 Å². The van der Waals surface area contributed by atoms with Gasteiger partial charge in [-0.15, -0.1) is 0 Å². The number of carbonyl (C=O) groups is 2. The van der Waals surface area contributed by atoms with Gasteiger partial charge in [-0.05, 0) is 53.3 Å². The van der Waals surface area contributed by atoms with Crippen LogP contribution < -0.4 is 10.6 Å². The molecule has 0 spiro atoms. The van der Waals surface area contributed by atoms with Gasteiger partial charge >= 0.3 is 0 Å². The fourth-order valence-corrected chi connectivity index (χ4v) is 4.60. The molecule has 1 unspecified atom stereocenters. The van der Waals surface area contributed by atoms with Crippen molar-refractivity contribution in [2.45, 2.75) is 37.8 Å². The number of aromatic nitrogens is 3. The van der Waals surface area contributed by atoms with Crippen molar-refractivity contribution in [3.8, 4) is 0 Å². The maximum absolute atomic E-state index is 13.3. The van der Waals surface area contributed by atoms with E-state index in [1.807, 2.05) is 61.5 Å². The molecule has 0 aliphatic heterocycles. The summed E-state index contributed by atoms with van der Waals surface area (Å²) in [5.74, 6) is -0.184. The molecular weight excluding hydrogens is 426 g/mol. The maximum Gasteiger partial charge on any atom is 0.242 e. The number of amides is 2. The molecule has 1 aliphatic carbocycles. The van der Waals surface area contributed by atoms with E-state index >= 15 is 0 Å². The third-order valence-electron chi connectivity index (χ3n) is 6.60. The third kappa shape index (κ3) is 4.41. The van der Waals surface area contributed by atoms with Gasteiger partial charge in [0.1, 0.15) is 19.2 Å². The molecule has 1 aliphatic rings. The molecule has 172 valence electrons. The highest BCUT2D eigenvalue weighted by molar-refractivity contribution is 5.92. The normalized spacial score (nSPS) is 15.0. The van der Waals surface area contributed by atoms with Crippen LogP contribution in [0.4, 0.5) is 0 Å². The lowest BCUT2D eigenvalue weighted by Crippen LogP contribution is -2.42. The quantitative estimate of drug-likeness (QED) is 0.428. The zero-order valence-electron chi connectivity index (χ0n) is 19.1. The zero-order valence-corrected chi connectivity index (χ0v) is 19.1. The van der Waals surface area contributed by atoms with Crippen LogP contribution in [-0.4, -0.2) is 33.1 Å². The molecule has 2 N–H and O–H groups in total. The molecule has 5 rings (SSSR count). The minimum atomic E-state index is -0.468. The summed E-state index contributed by atoms with van der Waals surface area (Å²) in [6, 6.07) is 21.9. The number of aryl methyl sites for hydroxylation is 1. The molecule has 0 saturated heterocycles. The van der Waals surface area contributed by atoms with E-state index in [0.29, 0.717) is 6.54 Å². The molecule has 1 fully saturated rings. The Morgan fingerprint density at radius 1 is 1.03 bits per heavy atom. The molecule has 0 bridgehead atoms. The van der Waals surface area contributed by atoms with Gasteiger partial charge < -0.3 is 10.6 Å². The Balaban J connectivity index is 1.36. The lowest BCUT2D eigenvalue weighted by Gasteiger charge is -2.23. The fraction of sp³-hybridized carbons (Fsp3) is 0.259. The van der Waals surface area contributed by atoms with E-state index < -0.39 is 5.41 Å². The van der Waals surface area contributed by atoms with Crippen molar-refractivity contribution < 1.29 is 9.59 Å². The van der Waals surface area contributed by atoms with Crippen LogP contribution in [0.25, 0.3) is 10.8 Å². The summed E-state index contributed by atoms with van der Waals surface area (Å²) in [4.78, 5) is 30.0. The van der Waals surface area contributed by atoms with Crippen LogP contribution in [0.2, 0.25) is 0 Å². The number of carbonyl (C=O) groups excluding carboxylic acids is 2. The van der Waals surface area contributed by atoms with Crippen LogP contribution in [-0.2, 0) is 21.5 Å². The molecule has 3 aromatic carbocycles. The van der Waals surface area contributed by atoms with Crippen molar-refractivity contribution in [2.24, 2.45) is 0 Å². The highest BCUT2D eigenvalue weighted by atomic mass is 16.2. The molecule has 1 heterocycles. The molecule has 0 radical (unpaired) electrons. The number of hydrogen-bond acceptors (Lipinski definition) is 4. The third-order valence-corrected chi connectivity index (χ3v) is 6.60. The van der Waals surface area contributed by atoms with Gasteiger partial charge in [0.2, 0.25) is 11.8 Å². The molecular formula is C27H27N5O2. The Kier molecular flexibility index (Phi) is 5.84. The Labute approximate surface area is 198 Å². The number of nitrogens with one attached hydrogen (secondary N) is 2. The van der Waals surface area contributed by atoms with Crippen LogP contribution in [0, 0.1) is 6.92 Å². The lowest BCUT2D eigenvalue weighted by molar-refractivity contribution is -0.125. The second-order valence-electron chi connectivity index (χ2n) is 8.93. The van der Waals surface area contributed by atoms with Crippen molar-refractivity contribution in [1.29, 1.82) is 0 Å². The van der Waals surface area contributed by atoms with E-state index in [9.17, 15) is 9.59 Å². The summed E-state index contributed by atoms with van der Waals surface area (Å²) in [5, 5.41) is 12.4. The predicted molar refractivity (Wildman–Crippen MR) is 130 cm³/mol. The van der Waals surface area contributed by atoms with E-state index in [4.69, 9.17) is 0 Å². The maximum atomic E-state index is 13.3. The van der Waals surface area contributed by atoms with Gasteiger partial charge in [0.25, 0.3) is 0 Å². The topological polar surface area (TPSA) is 88.9 Å². The highest BCUT2D eigenvalue weighted by Crippen LogP contribution is 2.49. The van der Waals surface area contributed by atoms with Crippen LogP contribution in [0.5, 0.6) is 0 Å². The standard InChI is InChI=1S/C27H27N5O2/c1-19-6-2-5-9-23(19)27(12-13-27)26(34)29-15-24(31-25(33)16-32-18-28-17-30-32)22-11-10-20-7-3-4-8-21(20)14-22/h2-11,14,17-18,24H,12-13,15-16H2,1H3,(H,29,34)(H,31,33).